The van der Waals surface area contributed by atoms with Crippen molar-refractivity contribution in [3.8, 4) is 0 Å². The standard InChI is InChI=1S/C14H12N2O4/c17-11-5-7-15-13(19-11)9-1-2-10(4-3-9)14-16-8-6-12(18)20-14/h1-4H,5-8H2. The van der Waals surface area contributed by atoms with Crippen molar-refractivity contribution < 1.29 is 19.1 Å². The van der Waals surface area contributed by atoms with Gasteiger partial charge in [0.1, 0.15) is 0 Å². The normalized spacial score (nSPS) is 18.8. The maximum Gasteiger partial charge on any atom is 0.314 e. The molecule has 20 heavy (non-hydrogen) atoms. The summed E-state index contributed by atoms with van der Waals surface area (Å²) >= 11 is 0. The van der Waals surface area contributed by atoms with Gasteiger partial charge in [0.15, 0.2) is 0 Å². The molecule has 3 rings (SSSR count). The SMILES string of the molecule is O=C1CCN=C(c2ccc(C3=NCCC(=O)O3)cc2)O1. The van der Waals surface area contributed by atoms with Crippen LogP contribution in [0.1, 0.15) is 24.0 Å². The highest BCUT2D eigenvalue weighted by Gasteiger charge is 2.18. The molecule has 6 heteroatoms. The fraction of sp³-hybridized carbons (Fsp3) is 0.286. The first-order valence-electron chi connectivity index (χ1n) is 6.33. The van der Waals surface area contributed by atoms with Gasteiger partial charge in [0.25, 0.3) is 0 Å². The first kappa shape index (κ1) is 12.5. The second-order valence-corrected chi connectivity index (χ2v) is 4.40. The van der Waals surface area contributed by atoms with Crippen molar-refractivity contribution >= 4 is 23.7 Å². The van der Waals surface area contributed by atoms with Crippen LogP contribution in [0.5, 0.6) is 0 Å². The lowest BCUT2D eigenvalue weighted by atomic mass is 10.1. The topological polar surface area (TPSA) is 77.3 Å². The van der Waals surface area contributed by atoms with E-state index >= 15 is 0 Å². The van der Waals surface area contributed by atoms with E-state index in [4.69, 9.17) is 9.47 Å². The third kappa shape index (κ3) is 2.59. The summed E-state index contributed by atoms with van der Waals surface area (Å²) in [7, 11) is 0. The molecule has 0 aromatic heterocycles. The van der Waals surface area contributed by atoms with Crippen LogP contribution < -0.4 is 0 Å². The third-order valence-electron chi connectivity index (χ3n) is 2.94. The number of aliphatic imine (C=N–C) groups is 2. The van der Waals surface area contributed by atoms with Gasteiger partial charge in [0.2, 0.25) is 11.8 Å². The van der Waals surface area contributed by atoms with Gasteiger partial charge < -0.3 is 9.47 Å². The van der Waals surface area contributed by atoms with Gasteiger partial charge in [-0.25, -0.2) is 0 Å². The Kier molecular flexibility index (Phi) is 3.28. The van der Waals surface area contributed by atoms with Crippen molar-refractivity contribution in [2.45, 2.75) is 12.8 Å². The largest absolute Gasteiger partial charge is 0.407 e. The molecule has 0 saturated heterocycles. The van der Waals surface area contributed by atoms with Crippen LogP contribution in [0.15, 0.2) is 34.3 Å². The van der Waals surface area contributed by atoms with Gasteiger partial charge in [-0.15, -0.1) is 0 Å². The Labute approximate surface area is 115 Å². The van der Waals surface area contributed by atoms with Gasteiger partial charge in [0.05, 0.1) is 25.9 Å². The smallest absolute Gasteiger partial charge is 0.314 e. The summed E-state index contributed by atoms with van der Waals surface area (Å²) < 4.78 is 10.1. The zero-order chi connectivity index (χ0) is 13.9. The molecule has 0 bridgehead atoms. The second-order valence-electron chi connectivity index (χ2n) is 4.40. The van der Waals surface area contributed by atoms with Gasteiger partial charge in [-0.3, -0.25) is 19.6 Å². The molecule has 0 aliphatic carbocycles. The number of benzene rings is 1. The Balaban J connectivity index is 1.81. The molecule has 2 aliphatic heterocycles. The van der Waals surface area contributed by atoms with Crippen molar-refractivity contribution in [2.75, 3.05) is 13.1 Å². The molecule has 0 unspecified atom stereocenters. The average molecular weight is 272 g/mol. The lowest BCUT2D eigenvalue weighted by Gasteiger charge is -2.14. The van der Waals surface area contributed by atoms with Crippen molar-refractivity contribution in [1.29, 1.82) is 0 Å². The number of esters is 2. The quantitative estimate of drug-likeness (QED) is 0.755. The summed E-state index contributed by atoms with van der Waals surface area (Å²) in [4.78, 5) is 30.8. The Morgan fingerprint density at radius 1 is 0.750 bits per heavy atom. The molecule has 1 aromatic rings. The van der Waals surface area contributed by atoms with E-state index in [9.17, 15) is 9.59 Å². The summed E-state index contributed by atoms with van der Waals surface area (Å²) in [5.74, 6) is 0.111. The number of nitrogens with zero attached hydrogens (tertiary/aromatic N) is 2. The minimum atomic E-state index is -0.273. The zero-order valence-corrected chi connectivity index (χ0v) is 10.7. The summed E-state index contributed by atoms with van der Waals surface area (Å²) in [5.41, 5.74) is 1.43. The molecule has 0 saturated carbocycles. The summed E-state index contributed by atoms with van der Waals surface area (Å²) in [6, 6.07) is 7.05. The van der Waals surface area contributed by atoms with E-state index in [-0.39, 0.29) is 11.9 Å². The first-order chi connectivity index (χ1) is 9.72. The maximum absolute atomic E-state index is 11.2. The molecule has 0 N–H and O–H groups in total. The molecule has 0 atom stereocenters. The van der Waals surface area contributed by atoms with E-state index in [1.54, 1.807) is 24.3 Å². The van der Waals surface area contributed by atoms with Crippen LogP contribution in [-0.4, -0.2) is 36.8 Å². The maximum atomic E-state index is 11.2. The summed E-state index contributed by atoms with van der Waals surface area (Å²) in [6.45, 7) is 0.889. The van der Waals surface area contributed by atoms with Crippen LogP contribution >= 0.6 is 0 Å². The molecule has 2 heterocycles. The number of rotatable bonds is 2. The Bertz CT molecular complexity index is 562. The van der Waals surface area contributed by atoms with E-state index in [1.165, 1.54) is 0 Å². The van der Waals surface area contributed by atoms with E-state index in [1.807, 2.05) is 0 Å². The molecule has 6 nitrogen and oxygen atoms in total. The monoisotopic (exact) mass is 272 g/mol. The summed E-state index contributed by atoms with van der Waals surface area (Å²) in [5, 5.41) is 0. The van der Waals surface area contributed by atoms with Crippen LogP contribution in [0.25, 0.3) is 0 Å². The van der Waals surface area contributed by atoms with E-state index in [0.717, 1.165) is 0 Å². The van der Waals surface area contributed by atoms with Crippen LogP contribution in [-0.2, 0) is 19.1 Å². The molecule has 0 fully saturated rings. The van der Waals surface area contributed by atoms with Crippen molar-refractivity contribution in [2.24, 2.45) is 9.98 Å². The van der Waals surface area contributed by atoms with Crippen LogP contribution in [0, 0.1) is 0 Å². The minimum absolute atomic E-state index is 0.273. The van der Waals surface area contributed by atoms with Crippen LogP contribution in [0.4, 0.5) is 0 Å². The average Bonchev–Trinajstić information content (AvgIpc) is 2.47. The second kappa shape index (κ2) is 5.24. The van der Waals surface area contributed by atoms with Gasteiger partial charge in [-0.05, 0) is 24.3 Å². The predicted octanol–water partition coefficient (Wildman–Crippen LogP) is 1.07. The highest BCUT2D eigenvalue weighted by Crippen LogP contribution is 2.13. The molecule has 0 radical (unpaired) electrons. The molecular formula is C14H12N2O4. The summed E-state index contributed by atoms with van der Waals surface area (Å²) in [6.07, 6.45) is 0.628. The number of hydrogen-bond donors (Lipinski definition) is 0. The Morgan fingerprint density at radius 3 is 1.50 bits per heavy atom. The van der Waals surface area contributed by atoms with E-state index in [2.05, 4.69) is 9.98 Å². The number of hydrogen-bond acceptors (Lipinski definition) is 6. The predicted molar refractivity (Wildman–Crippen MR) is 70.7 cm³/mol. The molecule has 0 amide bonds. The lowest BCUT2D eigenvalue weighted by molar-refractivity contribution is -0.136. The van der Waals surface area contributed by atoms with Crippen LogP contribution in [0.2, 0.25) is 0 Å². The van der Waals surface area contributed by atoms with E-state index in [0.29, 0.717) is 48.9 Å². The van der Waals surface area contributed by atoms with Crippen molar-refractivity contribution in [1.82, 2.24) is 0 Å². The molecule has 0 spiro atoms. The number of carbonyl (C=O) groups is 2. The third-order valence-corrected chi connectivity index (χ3v) is 2.94. The van der Waals surface area contributed by atoms with Gasteiger partial charge in [-0.2, -0.15) is 0 Å². The number of ether oxygens (including phenoxy) is 2. The molecule has 2 aliphatic rings. The van der Waals surface area contributed by atoms with Crippen molar-refractivity contribution in [3.05, 3.63) is 35.4 Å². The zero-order valence-electron chi connectivity index (χ0n) is 10.7. The number of cyclic esters (lactones) is 2. The van der Waals surface area contributed by atoms with Gasteiger partial charge in [0, 0.05) is 11.1 Å². The molecular weight excluding hydrogens is 260 g/mol. The highest BCUT2D eigenvalue weighted by atomic mass is 16.5. The molecule has 1 aromatic carbocycles. The number of carbonyl (C=O) groups excluding carboxylic acids is 2. The molecule has 102 valence electrons. The van der Waals surface area contributed by atoms with E-state index < -0.39 is 0 Å². The van der Waals surface area contributed by atoms with Gasteiger partial charge >= 0.3 is 11.9 Å². The fourth-order valence-electron chi connectivity index (χ4n) is 1.94. The Morgan fingerprint density at radius 2 is 1.15 bits per heavy atom. The minimum Gasteiger partial charge on any atom is -0.407 e. The van der Waals surface area contributed by atoms with Gasteiger partial charge in [-0.1, -0.05) is 0 Å². The lowest BCUT2D eigenvalue weighted by Crippen LogP contribution is -2.21. The van der Waals surface area contributed by atoms with Crippen molar-refractivity contribution in [3.63, 3.8) is 0 Å². The fourth-order valence-corrected chi connectivity index (χ4v) is 1.94. The van der Waals surface area contributed by atoms with Crippen LogP contribution in [0.3, 0.4) is 0 Å². The highest BCUT2D eigenvalue weighted by molar-refractivity contribution is 6.04. The first-order valence-corrected chi connectivity index (χ1v) is 6.33. The Hall–Kier alpha value is -2.50.